The zero-order valence-electron chi connectivity index (χ0n) is 15.9. The van der Waals surface area contributed by atoms with Gasteiger partial charge < -0.3 is 15.7 Å². The molecular formula is C22H24N4O2. The van der Waals surface area contributed by atoms with Gasteiger partial charge in [-0.2, -0.15) is 5.10 Å². The van der Waals surface area contributed by atoms with Gasteiger partial charge in [0.2, 0.25) is 0 Å². The Morgan fingerprint density at radius 3 is 2.79 bits per heavy atom. The van der Waals surface area contributed by atoms with Gasteiger partial charge in [0.25, 0.3) is 5.91 Å². The molecule has 2 atom stereocenters. The molecule has 1 aliphatic carbocycles. The highest BCUT2D eigenvalue weighted by Gasteiger charge is 2.51. The number of fused-ring (bicyclic) bond motifs is 3. The monoisotopic (exact) mass is 376 g/mol. The van der Waals surface area contributed by atoms with Crippen molar-refractivity contribution in [2.75, 3.05) is 13.1 Å². The fourth-order valence-corrected chi connectivity index (χ4v) is 5.03. The number of hydrogen-bond donors (Lipinski definition) is 3. The largest absolute Gasteiger partial charge is 0.390 e. The first-order chi connectivity index (χ1) is 13.5. The number of carbonyl (C=O) groups is 1. The Morgan fingerprint density at radius 2 is 2.00 bits per heavy atom. The maximum absolute atomic E-state index is 13.1. The van der Waals surface area contributed by atoms with Gasteiger partial charge in [-0.1, -0.05) is 35.9 Å². The zero-order chi connectivity index (χ0) is 19.5. The summed E-state index contributed by atoms with van der Waals surface area (Å²) in [5, 5.41) is 19.0. The van der Waals surface area contributed by atoms with Gasteiger partial charge in [0.15, 0.2) is 5.69 Å². The molecule has 6 nitrogen and oxygen atoms in total. The first kappa shape index (κ1) is 17.4. The molecule has 1 fully saturated rings. The number of H-pyrrole nitrogens is 1. The number of nitrogens with one attached hydrogen (secondary N) is 1. The summed E-state index contributed by atoms with van der Waals surface area (Å²) >= 11 is 0. The first-order valence-electron chi connectivity index (χ1n) is 9.78. The first-order valence-corrected chi connectivity index (χ1v) is 9.78. The van der Waals surface area contributed by atoms with Crippen molar-refractivity contribution in [1.82, 2.24) is 15.1 Å². The number of amides is 1. The number of aliphatic hydroxyl groups is 1. The topological polar surface area (TPSA) is 95.2 Å². The third-order valence-corrected chi connectivity index (χ3v) is 6.63. The smallest absolute Gasteiger partial charge is 0.274 e. The van der Waals surface area contributed by atoms with E-state index in [2.05, 4.69) is 16.3 Å². The molecule has 1 spiro atoms. The summed E-state index contributed by atoms with van der Waals surface area (Å²) in [6.07, 6.45) is 0.786. The second kappa shape index (κ2) is 6.15. The molecule has 144 valence electrons. The van der Waals surface area contributed by atoms with Crippen LogP contribution >= 0.6 is 0 Å². The number of carbonyl (C=O) groups excluding carboxylic acids is 1. The van der Waals surface area contributed by atoms with Crippen molar-refractivity contribution in [3.05, 3.63) is 64.8 Å². The van der Waals surface area contributed by atoms with E-state index in [4.69, 9.17) is 5.73 Å². The van der Waals surface area contributed by atoms with Crippen LogP contribution in [0.3, 0.4) is 0 Å². The minimum absolute atomic E-state index is 0.0585. The third kappa shape index (κ3) is 2.34. The highest BCUT2D eigenvalue weighted by Crippen LogP contribution is 2.50. The van der Waals surface area contributed by atoms with Crippen molar-refractivity contribution < 1.29 is 9.90 Å². The van der Waals surface area contributed by atoms with Crippen molar-refractivity contribution in [1.29, 1.82) is 0 Å². The summed E-state index contributed by atoms with van der Waals surface area (Å²) in [6, 6.07) is 13.6. The van der Waals surface area contributed by atoms with Crippen molar-refractivity contribution in [2.24, 2.45) is 5.73 Å². The maximum atomic E-state index is 13.1. The average molecular weight is 376 g/mol. The van der Waals surface area contributed by atoms with Crippen molar-refractivity contribution in [3.8, 4) is 0 Å². The van der Waals surface area contributed by atoms with E-state index in [9.17, 15) is 9.90 Å². The Labute approximate surface area is 163 Å². The third-order valence-electron chi connectivity index (χ3n) is 6.63. The number of hydrogen-bond acceptors (Lipinski definition) is 4. The predicted molar refractivity (Wildman–Crippen MR) is 107 cm³/mol. The maximum Gasteiger partial charge on any atom is 0.274 e. The molecule has 0 bridgehead atoms. The highest BCUT2D eigenvalue weighted by atomic mass is 16.3. The number of nitrogens with zero attached hydrogens (tertiary/aromatic N) is 2. The van der Waals surface area contributed by atoms with Gasteiger partial charge in [-0.3, -0.25) is 9.89 Å². The lowest BCUT2D eigenvalue weighted by Crippen LogP contribution is -2.50. The molecule has 4 N–H and O–H groups in total. The molecule has 2 heterocycles. The average Bonchev–Trinajstić information content (AvgIpc) is 3.22. The van der Waals surface area contributed by atoms with Crippen LogP contribution in [0.25, 0.3) is 10.9 Å². The van der Waals surface area contributed by atoms with Gasteiger partial charge in [0.1, 0.15) is 0 Å². The van der Waals surface area contributed by atoms with Crippen LogP contribution in [0.15, 0.2) is 42.5 Å². The molecule has 0 radical (unpaired) electrons. The molecule has 1 amide bonds. The van der Waals surface area contributed by atoms with Gasteiger partial charge in [-0.05, 0) is 43.0 Å². The minimum atomic E-state index is -0.615. The fraction of sp³-hybridized carbons (Fsp3) is 0.364. The number of rotatable bonds is 1. The molecular weight excluding hydrogens is 352 g/mol. The van der Waals surface area contributed by atoms with E-state index < -0.39 is 6.10 Å². The van der Waals surface area contributed by atoms with Gasteiger partial charge in [0, 0.05) is 23.9 Å². The van der Waals surface area contributed by atoms with Crippen LogP contribution in [-0.2, 0) is 5.41 Å². The van der Waals surface area contributed by atoms with Crippen LogP contribution in [0.1, 0.15) is 46.1 Å². The number of likely N-dealkylation sites (tertiary alicyclic amines) is 1. The zero-order valence-corrected chi connectivity index (χ0v) is 15.9. The molecule has 6 heteroatoms. The van der Waals surface area contributed by atoms with E-state index in [1.54, 1.807) is 0 Å². The molecule has 0 saturated carbocycles. The van der Waals surface area contributed by atoms with Gasteiger partial charge in [0.05, 0.1) is 17.7 Å². The Hall–Kier alpha value is -2.70. The molecule has 1 aromatic heterocycles. The molecule has 2 aliphatic rings. The molecule has 0 unspecified atom stereocenters. The number of piperidine rings is 1. The summed E-state index contributed by atoms with van der Waals surface area (Å²) in [5.74, 6) is -0.0585. The molecule has 3 aromatic rings. The summed E-state index contributed by atoms with van der Waals surface area (Å²) < 4.78 is 0. The van der Waals surface area contributed by atoms with Crippen molar-refractivity contribution in [3.63, 3.8) is 0 Å². The molecule has 1 aliphatic heterocycles. The molecule has 2 aromatic carbocycles. The van der Waals surface area contributed by atoms with Crippen LogP contribution < -0.4 is 5.73 Å². The number of aromatic nitrogens is 2. The van der Waals surface area contributed by atoms with Crippen LogP contribution in [0, 0.1) is 6.92 Å². The number of nitrogens with two attached hydrogens (primary N) is 1. The number of aliphatic hydroxyl groups excluding tert-OH is 1. The second-order valence-corrected chi connectivity index (χ2v) is 8.13. The second-order valence-electron chi connectivity index (χ2n) is 8.13. The SMILES string of the molecule is Cc1ccc2[nH]nc(C(=O)N3CCC4(CC3)c3ccccc3[C@@H](N)[C@@H]4O)c2c1. The van der Waals surface area contributed by atoms with Crippen molar-refractivity contribution >= 4 is 16.8 Å². The number of benzene rings is 2. The van der Waals surface area contributed by atoms with E-state index in [-0.39, 0.29) is 17.4 Å². The van der Waals surface area contributed by atoms with E-state index in [0.717, 1.165) is 27.6 Å². The van der Waals surface area contributed by atoms with E-state index in [1.165, 1.54) is 0 Å². The lowest BCUT2D eigenvalue weighted by Gasteiger charge is -2.42. The Balaban J connectivity index is 1.42. The van der Waals surface area contributed by atoms with E-state index in [1.807, 2.05) is 48.2 Å². The summed E-state index contributed by atoms with van der Waals surface area (Å²) in [5.41, 5.74) is 10.5. The van der Waals surface area contributed by atoms with Gasteiger partial charge >= 0.3 is 0 Å². The van der Waals surface area contributed by atoms with Crippen LogP contribution in [-0.4, -0.2) is 45.3 Å². The Morgan fingerprint density at radius 1 is 1.25 bits per heavy atom. The van der Waals surface area contributed by atoms with E-state index in [0.29, 0.717) is 31.6 Å². The number of aromatic amines is 1. The van der Waals surface area contributed by atoms with Crippen LogP contribution in [0.4, 0.5) is 0 Å². The molecule has 28 heavy (non-hydrogen) atoms. The predicted octanol–water partition coefficient (Wildman–Crippen LogP) is 2.42. The normalized spacial score (nSPS) is 23.3. The number of aryl methyl sites for hydroxylation is 1. The fourth-order valence-electron chi connectivity index (χ4n) is 5.03. The van der Waals surface area contributed by atoms with Crippen LogP contribution in [0.5, 0.6) is 0 Å². The quantitative estimate of drug-likeness (QED) is 0.608. The van der Waals surface area contributed by atoms with Crippen LogP contribution in [0.2, 0.25) is 0 Å². The van der Waals surface area contributed by atoms with Gasteiger partial charge in [-0.15, -0.1) is 0 Å². The Bertz CT molecular complexity index is 1070. The van der Waals surface area contributed by atoms with Gasteiger partial charge in [-0.25, -0.2) is 0 Å². The Kier molecular flexibility index (Phi) is 3.82. The summed E-state index contributed by atoms with van der Waals surface area (Å²) in [4.78, 5) is 15.0. The lowest BCUT2D eigenvalue weighted by atomic mass is 9.72. The standard InChI is InChI=1S/C22H24N4O2/c1-13-6-7-17-15(12-13)19(25-24-17)21(28)26-10-8-22(9-11-26)16-5-3-2-4-14(16)18(23)20(22)27/h2-7,12,18,20,27H,8-11,23H2,1H3,(H,24,25)/t18-,20+/m1/s1. The lowest BCUT2D eigenvalue weighted by molar-refractivity contribution is 0.0261. The molecule has 1 saturated heterocycles. The van der Waals surface area contributed by atoms with Crippen molar-refractivity contribution in [2.45, 2.75) is 37.3 Å². The summed E-state index contributed by atoms with van der Waals surface area (Å²) in [7, 11) is 0. The summed E-state index contributed by atoms with van der Waals surface area (Å²) in [6.45, 7) is 3.17. The highest BCUT2D eigenvalue weighted by molar-refractivity contribution is 6.04. The van der Waals surface area contributed by atoms with E-state index >= 15 is 0 Å². The minimum Gasteiger partial charge on any atom is -0.390 e. The molecule has 5 rings (SSSR count).